The van der Waals surface area contributed by atoms with Crippen molar-refractivity contribution in [1.29, 1.82) is 0 Å². The second-order valence-corrected chi connectivity index (χ2v) is 5.92. The maximum absolute atomic E-state index is 11.7. The molecule has 2 atom stereocenters. The lowest BCUT2D eigenvalue weighted by Crippen LogP contribution is -2.34. The Kier molecular flexibility index (Phi) is 6.05. The van der Waals surface area contributed by atoms with E-state index in [9.17, 15) is 4.79 Å². The molecule has 4 nitrogen and oxygen atoms in total. The summed E-state index contributed by atoms with van der Waals surface area (Å²) in [4.78, 5) is 11.7. The first-order chi connectivity index (χ1) is 10.1. The molecule has 0 unspecified atom stereocenters. The van der Waals surface area contributed by atoms with E-state index >= 15 is 0 Å². The Balaban J connectivity index is 1.61. The van der Waals surface area contributed by atoms with Gasteiger partial charge in [0.1, 0.15) is 0 Å². The highest BCUT2D eigenvalue weighted by Crippen LogP contribution is 2.25. The summed E-state index contributed by atoms with van der Waals surface area (Å²) in [5.41, 5.74) is 1.98. The van der Waals surface area contributed by atoms with Gasteiger partial charge in [-0.3, -0.25) is 0 Å². The highest BCUT2D eigenvalue weighted by Gasteiger charge is 2.21. The number of rotatable bonds is 5. The molecule has 1 aromatic rings. The van der Waals surface area contributed by atoms with E-state index in [0.717, 1.165) is 12.1 Å². The summed E-state index contributed by atoms with van der Waals surface area (Å²) in [7, 11) is 0. The smallest absolute Gasteiger partial charge is 0.319 e. The van der Waals surface area contributed by atoms with Gasteiger partial charge in [0.05, 0.1) is 12.7 Å². The van der Waals surface area contributed by atoms with Crippen molar-refractivity contribution in [3.8, 4) is 0 Å². The minimum atomic E-state index is -0.181. The van der Waals surface area contributed by atoms with Crippen LogP contribution >= 0.6 is 0 Å². The SMILES string of the molecule is Cc1ccc(NC(=O)NCCO[C@@H]2CCCC[C@H]2C)cc1. The van der Waals surface area contributed by atoms with Gasteiger partial charge in [-0.25, -0.2) is 4.79 Å². The Morgan fingerprint density at radius 1 is 1.24 bits per heavy atom. The Labute approximate surface area is 127 Å². The van der Waals surface area contributed by atoms with Crippen LogP contribution in [0.5, 0.6) is 0 Å². The fourth-order valence-electron chi connectivity index (χ4n) is 2.72. The zero-order valence-electron chi connectivity index (χ0n) is 13.0. The van der Waals surface area contributed by atoms with Gasteiger partial charge >= 0.3 is 6.03 Å². The minimum absolute atomic E-state index is 0.181. The molecule has 0 heterocycles. The zero-order chi connectivity index (χ0) is 15.1. The molecule has 1 saturated carbocycles. The molecule has 0 radical (unpaired) electrons. The highest BCUT2D eigenvalue weighted by molar-refractivity contribution is 5.89. The average Bonchev–Trinajstić information content (AvgIpc) is 2.48. The molecule has 2 amide bonds. The molecule has 0 saturated heterocycles. The van der Waals surface area contributed by atoms with Crippen LogP contribution in [-0.2, 0) is 4.74 Å². The minimum Gasteiger partial charge on any atom is -0.376 e. The second-order valence-electron chi connectivity index (χ2n) is 5.92. The maximum atomic E-state index is 11.7. The number of carbonyl (C=O) groups is 1. The number of aryl methyl sites for hydroxylation is 1. The molecule has 2 N–H and O–H groups in total. The normalized spacial score (nSPS) is 21.8. The summed E-state index contributed by atoms with van der Waals surface area (Å²) in [5.74, 6) is 0.639. The van der Waals surface area contributed by atoms with Crippen molar-refractivity contribution in [3.05, 3.63) is 29.8 Å². The average molecular weight is 290 g/mol. The summed E-state index contributed by atoms with van der Waals surface area (Å²) in [6, 6.07) is 7.57. The van der Waals surface area contributed by atoms with E-state index in [1.54, 1.807) is 0 Å². The van der Waals surface area contributed by atoms with Gasteiger partial charge in [-0.15, -0.1) is 0 Å². The van der Waals surface area contributed by atoms with Crippen LogP contribution in [0.4, 0.5) is 10.5 Å². The Hall–Kier alpha value is -1.55. The largest absolute Gasteiger partial charge is 0.376 e. The number of urea groups is 1. The predicted molar refractivity (Wildman–Crippen MR) is 85.6 cm³/mol. The standard InChI is InChI=1S/C17H26N2O2/c1-13-7-9-15(10-8-13)19-17(20)18-11-12-21-16-6-4-3-5-14(16)2/h7-10,14,16H,3-6,11-12H2,1-2H3,(H2,18,19,20)/t14-,16-/m1/s1. The topological polar surface area (TPSA) is 50.4 Å². The number of hydrogen-bond acceptors (Lipinski definition) is 2. The Morgan fingerprint density at radius 3 is 2.67 bits per heavy atom. The molecular weight excluding hydrogens is 264 g/mol. The maximum Gasteiger partial charge on any atom is 0.319 e. The van der Waals surface area contributed by atoms with Crippen molar-refractivity contribution in [2.45, 2.75) is 45.6 Å². The van der Waals surface area contributed by atoms with Gasteiger partial charge in [-0.05, 0) is 37.8 Å². The highest BCUT2D eigenvalue weighted by atomic mass is 16.5. The number of carbonyl (C=O) groups excluding carboxylic acids is 1. The van der Waals surface area contributed by atoms with Gasteiger partial charge in [0.15, 0.2) is 0 Å². The Morgan fingerprint density at radius 2 is 1.95 bits per heavy atom. The van der Waals surface area contributed by atoms with E-state index in [1.807, 2.05) is 31.2 Å². The molecule has 1 aliphatic carbocycles. The fourth-order valence-corrected chi connectivity index (χ4v) is 2.72. The molecule has 1 aliphatic rings. The third-order valence-electron chi connectivity index (χ3n) is 4.06. The second kappa shape index (κ2) is 8.03. The number of ether oxygens (including phenoxy) is 1. The fraction of sp³-hybridized carbons (Fsp3) is 0.588. The van der Waals surface area contributed by atoms with Gasteiger partial charge < -0.3 is 15.4 Å². The number of nitrogens with one attached hydrogen (secondary N) is 2. The van der Waals surface area contributed by atoms with Crippen LogP contribution in [0, 0.1) is 12.8 Å². The zero-order valence-corrected chi connectivity index (χ0v) is 13.0. The van der Waals surface area contributed by atoms with Crippen LogP contribution < -0.4 is 10.6 Å². The summed E-state index contributed by atoms with van der Waals surface area (Å²) >= 11 is 0. The Bertz CT molecular complexity index is 445. The molecule has 116 valence electrons. The van der Waals surface area contributed by atoms with Crippen LogP contribution in [0.2, 0.25) is 0 Å². The van der Waals surface area contributed by atoms with Crippen molar-refractivity contribution in [3.63, 3.8) is 0 Å². The molecule has 1 fully saturated rings. The first-order valence-electron chi connectivity index (χ1n) is 7.88. The summed E-state index contributed by atoms with van der Waals surface area (Å²) < 4.78 is 5.87. The van der Waals surface area contributed by atoms with Gasteiger partial charge in [-0.1, -0.05) is 37.5 Å². The number of anilines is 1. The van der Waals surface area contributed by atoms with Crippen LogP contribution in [0.15, 0.2) is 24.3 Å². The first kappa shape index (κ1) is 15.8. The van der Waals surface area contributed by atoms with Gasteiger partial charge in [0.2, 0.25) is 0 Å². The number of hydrogen-bond donors (Lipinski definition) is 2. The van der Waals surface area contributed by atoms with E-state index < -0.39 is 0 Å². The summed E-state index contributed by atoms with van der Waals surface area (Å²) in [5, 5.41) is 5.64. The summed E-state index contributed by atoms with van der Waals surface area (Å²) in [6.45, 7) is 5.39. The van der Waals surface area contributed by atoms with Crippen molar-refractivity contribution in [2.75, 3.05) is 18.5 Å². The third-order valence-corrected chi connectivity index (χ3v) is 4.06. The van der Waals surface area contributed by atoms with Crippen molar-refractivity contribution in [1.82, 2.24) is 5.32 Å². The molecule has 0 spiro atoms. The van der Waals surface area contributed by atoms with Crippen LogP contribution in [0.1, 0.15) is 38.2 Å². The van der Waals surface area contributed by atoms with E-state index in [2.05, 4.69) is 17.6 Å². The number of amides is 2. The first-order valence-corrected chi connectivity index (χ1v) is 7.88. The van der Waals surface area contributed by atoms with Crippen LogP contribution in [0.25, 0.3) is 0 Å². The van der Waals surface area contributed by atoms with Gasteiger partial charge in [0, 0.05) is 12.2 Å². The van der Waals surface area contributed by atoms with E-state index in [0.29, 0.717) is 25.2 Å². The van der Waals surface area contributed by atoms with Crippen LogP contribution in [0.3, 0.4) is 0 Å². The molecule has 1 aromatic carbocycles. The predicted octanol–water partition coefficient (Wildman–Crippen LogP) is 3.71. The lowest BCUT2D eigenvalue weighted by Gasteiger charge is -2.28. The third kappa shape index (κ3) is 5.38. The van der Waals surface area contributed by atoms with E-state index in [4.69, 9.17) is 4.74 Å². The lowest BCUT2D eigenvalue weighted by atomic mass is 9.88. The molecular formula is C17H26N2O2. The quantitative estimate of drug-likeness (QED) is 0.812. The van der Waals surface area contributed by atoms with E-state index in [-0.39, 0.29) is 6.03 Å². The molecule has 0 aromatic heterocycles. The molecule has 4 heteroatoms. The van der Waals surface area contributed by atoms with Gasteiger partial charge in [0.25, 0.3) is 0 Å². The van der Waals surface area contributed by atoms with Crippen molar-refractivity contribution in [2.24, 2.45) is 5.92 Å². The van der Waals surface area contributed by atoms with Crippen molar-refractivity contribution < 1.29 is 9.53 Å². The molecule has 0 aliphatic heterocycles. The summed E-state index contributed by atoms with van der Waals surface area (Å²) in [6.07, 6.45) is 5.35. The molecule has 0 bridgehead atoms. The van der Waals surface area contributed by atoms with Gasteiger partial charge in [-0.2, -0.15) is 0 Å². The van der Waals surface area contributed by atoms with Crippen LogP contribution in [-0.4, -0.2) is 25.3 Å². The molecule has 2 rings (SSSR count). The molecule has 21 heavy (non-hydrogen) atoms. The number of benzene rings is 1. The van der Waals surface area contributed by atoms with Crippen molar-refractivity contribution >= 4 is 11.7 Å². The lowest BCUT2D eigenvalue weighted by molar-refractivity contribution is -0.00232. The van der Waals surface area contributed by atoms with E-state index in [1.165, 1.54) is 24.8 Å². The monoisotopic (exact) mass is 290 g/mol.